The highest BCUT2D eigenvalue weighted by atomic mass is 16.5. The Balaban J connectivity index is 2.69. The van der Waals surface area contributed by atoms with E-state index in [4.69, 9.17) is 10.8 Å². The van der Waals surface area contributed by atoms with Crippen LogP contribution >= 0.6 is 0 Å². The number of ether oxygens (including phenoxy) is 2. The van der Waals surface area contributed by atoms with E-state index >= 15 is 0 Å². The molecule has 0 heterocycles. The smallest absolute Gasteiger partial charge is 0.0700 e. The number of hydrogen-bond acceptors (Lipinski definition) is 2. The van der Waals surface area contributed by atoms with Gasteiger partial charge in [0.2, 0.25) is 0 Å². The molecular formula is C8H18O2. The molecule has 10 heavy (non-hydrogen) atoms. The standard InChI is InChI=1S/C8H18O2/c1-3-5-9-7-8-10-6-4-2/h3-8H2,1-2H3/i1D. The summed E-state index contributed by atoms with van der Waals surface area (Å²) in [4.78, 5) is 0. The second kappa shape index (κ2) is 8.92. The van der Waals surface area contributed by atoms with Gasteiger partial charge in [-0.15, -0.1) is 0 Å². The summed E-state index contributed by atoms with van der Waals surface area (Å²) in [6.45, 7) is 5.41. The monoisotopic (exact) mass is 147 g/mol. The molecule has 0 unspecified atom stereocenters. The van der Waals surface area contributed by atoms with Crippen LogP contribution in [0.15, 0.2) is 0 Å². The third-order valence-corrected chi connectivity index (χ3v) is 1.01. The van der Waals surface area contributed by atoms with E-state index in [1.165, 1.54) is 0 Å². The van der Waals surface area contributed by atoms with Crippen LogP contribution in [0.3, 0.4) is 0 Å². The maximum atomic E-state index is 6.84. The maximum Gasteiger partial charge on any atom is 0.0700 e. The summed E-state index contributed by atoms with van der Waals surface area (Å²) in [6.07, 6.45) is 1.89. The predicted molar refractivity (Wildman–Crippen MR) is 42.2 cm³/mol. The zero-order chi connectivity index (χ0) is 8.36. The molecule has 0 N–H and O–H groups in total. The quantitative estimate of drug-likeness (QED) is 0.511. The Labute approximate surface area is 64.9 Å². The van der Waals surface area contributed by atoms with Crippen molar-refractivity contribution in [2.24, 2.45) is 0 Å². The fourth-order valence-corrected chi connectivity index (χ4v) is 0.568. The first-order valence-electron chi connectivity index (χ1n) is 4.57. The second-order valence-corrected chi connectivity index (χ2v) is 2.08. The second-order valence-electron chi connectivity index (χ2n) is 2.08. The lowest BCUT2D eigenvalue weighted by Gasteiger charge is -2.02. The topological polar surface area (TPSA) is 18.5 Å². The van der Waals surface area contributed by atoms with Gasteiger partial charge in [-0.2, -0.15) is 0 Å². The Morgan fingerprint density at radius 1 is 1.00 bits per heavy atom. The summed E-state index contributed by atoms with van der Waals surface area (Å²) in [5.41, 5.74) is 0. The molecule has 0 spiro atoms. The summed E-state index contributed by atoms with van der Waals surface area (Å²) < 4.78 is 17.2. The zero-order valence-electron chi connectivity index (χ0n) is 7.77. The Kier molecular flexibility index (Phi) is 7.15. The molecule has 0 amide bonds. The van der Waals surface area contributed by atoms with E-state index in [1.54, 1.807) is 0 Å². The summed E-state index contributed by atoms with van der Waals surface area (Å²) in [6, 6.07) is 0. The summed E-state index contributed by atoms with van der Waals surface area (Å²) in [5, 5.41) is 0. The molecule has 0 aromatic rings. The molecule has 0 aliphatic rings. The maximum absolute atomic E-state index is 6.84. The average molecular weight is 147 g/mol. The third-order valence-electron chi connectivity index (χ3n) is 1.01. The van der Waals surface area contributed by atoms with Gasteiger partial charge in [0.25, 0.3) is 0 Å². The van der Waals surface area contributed by atoms with Crippen molar-refractivity contribution in [1.82, 2.24) is 0 Å². The lowest BCUT2D eigenvalue weighted by atomic mass is 10.5. The van der Waals surface area contributed by atoms with Crippen molar-refractivity contribution < 1.29 is 10.8 Å². The van der Waals surface area contributed by atoms with Gasteiger partial charge in [0, 0.05) is 14.6 Å². The van der Waals surface area contributed by atoms with Gasteiger partial charge in [-0.25, -0.2) is 0 Å². The molecule has 0 radical (unpaired) electrons. The highest BCUT2D eigenvalue weighted by molar-refractivity contribution is 4.30. The molecule has 0 aliphatic heterocycles. The van der Waals surface area contributed by atoms with Crippen molar-refractivity contribution in [2.75, 3.05) is 26.4 Å². The first kappa shape index (κ1) is 8.02. The van der Waals surface area contributed by atoms with Crippen molar-refractivity contribution in [3.8, 4) is 0 Å². The first-order valence-corrected chi connectivity index (χ1v) is 3.86. The first-order chi connectivity index (χ1) is 5.41. The van der Waals surface area contributed by atoms with E-state index in [2.05, 4.69) is 6.92 Å². The van der Waals surface area contributed by atoms with E-state index in [-0.39, 0.29) is 0 Å². The summed E-state index contributed by atoms with van der Waals surface area (Å²) >= 11 is 0. The van der Waals surface area contributed by atoms with Gasteiger partial charge in [0.15, 0.2) is 0 Å². The molecule has 0 saturated carbocycles. The average Bonchev–Trinajstić information content (AvgIpc) is 2.03. The van der Waals surface area contributed by atoms with E-state index in [0.29, 0.717) is 26.7 Å². The predicted octanol–water partition coefficient (Wildman–Crippen LogP) is 1.84. The molecule has 0 atom stereocenters. The van der Waals surface area contributed by atoms with Crippen LogP contribution in [-0.4, -0.2) is 26.4 Å². The van der Waals surface area contributed by atoms with Gasteiger partial charge in [-0.1, -0.05) is 13.8 Å². The van der Waals surface area contributed by atoms with E-state index in [0.717, 1.165) is 19.4 Å². The Morgan fingerprint density at radius 3 is 2.10 bits per heavy atom. The van der Waals surface area contributed by atoms with Crippen LogP contribution in [0.4, 0.5) is 0 Å². The van der Waals surface area contributed by atoms with Gasteiger partial charge in [-0.05, 0) is 12.8 Å². The van der Waals surface area contributed by atoms with Gasteiger partial charge < -0.3 is 9.47 Å². The molecule has 62 valence electrons. The van der Waals surface area contributed by atoms with Crippen LogP contribution in [0, 0.1) is 0 Å². The zero-order valence-corrected chi connectivity index (χ0v) is 6.77. The van der Waals surface area contributed by atoms with Crippen molar-refractivity contribution in [3.63, 3.8) is 0 Å². The summed E-state index contributed by atoms with van der Waals surface area (Å²) in [7, 11) is 0. The van der Waals surface area contributed by atoms with Crippen molar-refractivity contribution in [3.05, 3.63) is 0 Å². The van der Waals surface area contributed by atoms with E-state index in [9.17, 15) is 0 Å². The van der Waals surface area contributed by atoms with E-state index < -0.39 is 0 Å². The van der Waals surface area contributed by atoms with Crippen molar-refractivity contribution in [2.45, 2.75) is 26.7 Å². The molecule has 0 aromatic heterocycles. The minimum absolute atomic E-state index is 0.454. The highest BCUT2D eigenvalue weighted by Gasteiger charge is 1.85. The van der Waals surface area contributed by atoms with Crippen LogP contribution in [0.25, 0.3) is 0 Å². The van der Waals surface area contributed by atoms with Crippen molar-refractivity contribution >= 4 is 0 Å². The van der Waals surface area contributed by atoms with Crippen molar-refractivity contribution in [1.29, 1.82) is 0 Å². The molecule has 0 bridgehead atoms. The molecule has 0 rings (SSSR count). The SMILES string of the molecule is [2H]CCCOCCOCCC. The molecule has 0 aromatic carbocycles. The lowest BCUT2D eigenvalue weighted by molar-refractivity contribution is 0.0483. The number of hydrogen-bond donors (Lipinski definition) is 0. The Hall–Kier alpha value is -0.0800. The van der Waals surface area contributed by atoms with Gasteiger partial charge in [0.1, 0.15) is 0 Å². The minimum atomic E-state index is 0.454. The largest absolute Gasteiger partial charge is 0.379 e. The van der Waals surface area contributed by atoms with E-state index in [1.807, 2.05) is 0 Å². The van der Waals surface area contributed by atoms with Crippen LogP contribution in [0.5, 0.6) is 0 Å². The van der Waals surface area contributed by atoms with Crippen LogP contribution < -0.4 is 0 Å². The molecular weight excluding hydrogens is 128 g/mol. The van der Waals surface area contributed by atoms with Crippen LogP contribution in [-0.2, 0) is 9.47 Å². The van der Waals surface area contributed by atoms with Gasteiger partial charge >= 0.3 is 0 Å². The fraction of sp³-hybridized carbons (Fsp3) is 1.00. The van der Waals surface area contributed by atoms with Crippen LogP contribution in [0.1, 0.15) is 28.0 Å². The lowest BCUT2D eigenvalue weighted by Crippen LogP contribution is -2.04. The van der Waals surface area contributed by atoms with Gasteiger partial charge in [0.05, 0.1) is 13.2 Å². The molecule has 0 saturated heterocycles. The van der Waals surface area contributed by atoms with Crippen LogP contribution in [0.2, 0.25) is 0 Å². The fourth-order valence-electron chi connectivity index (χ4n) is 0.568. The normalized spacial score (nSPS) is 11.5. The highest BCUT2D eigenvalue weighted by Crippen LogP contribution is 1.83. The molecule has 2 heteroatoms. The number of rotatable bonds is 7. The minimum Gasteiger partial charge on any atom is -0.379 e. The van der Waals surface area contributed by atoms with Gasteiger partial charge in [-0.3, -0.25) is 0 Å². The Bertz CT molecular complexity index is 61.1. The molecule has 0 aliphatic carbocycles. The third kappa shape index (κ3) is 7.92. The molecule has 2 nitrogen and oxygen atoms in total. The Morgan fingerprint density at radius 2 is 1.60 bits per heavy atom. The summed E-state index contributed by atoms with van der Waals surface area (Å²) in [5.74, 6) is 0. The molecule has 0 fully saturated rings.